The Kier molecular flexibility index (Phi) is 10.8. The number of carbonyl (C=O) groups is 1. The fourth-order valence-electron chi connectivity index (χ4n) is 1.07. The minimum Gasteiger partial charge on any atom is -0.444 e. The van der Waals surface area contributed by atoms with Gasteiger partial charge in [0.2, 0.25) is 0 Å². The minimum absolute atomic E-state index is 0. The van der Waals surface area contributed by atoms with Crippen molar-refractivity contribution >= 4 is 6.09 Å². The molecule has 5 nitrogen and oxygen atoms in total. The number of aliphatic hydroxyl groups excluding tert-OH is 1. The SMILES string of the molecule is CC(C)(C)OC(=O)N1CCOCC1.CO.[U]. The van der Waals surface area contributed by atoms with E-state index in [2.05, 4.69) is 0 Å². The summed E-state index contributed by atoms with van der Waals surface area (Å²) >= 11 is 0. The van der Waals surface area contributed by atoms with E-state index in [1.54, 1.807) is 4.90 Å². The van der Waals surface area contributed by atoms with Gasteiger partial charge in [-0.05, 0) is 20.8 Å². The Morgan fingerprint density at radius 1 is 1.25 bits per heavy atom. The van der Waals surface area contributed by atoms with Crippen molar-refractivity contribution < 1.29 is 50.5 Å². The van der Waals surface area contributed by atoms with Crippen LogP contribution in [0.15, 0.2) is 0 Å². The Hall–Kier alpha value is 0.242. The number of carbonyl (C=O) groups excluding carboxylic acids is 1. The molecule has 0 unspecified atom stereocenters. The number of hydrogen-bond acceptors (Lipinski definition) is 4. The second-order valence-electron chi connectivity index (χ2n) is 4.08. The molecule has 0 aromatic carbocycles. The fraction of sp³-hybridized carbons (Fsp3) is 0.900. The second-order valence-corrected chi connectivity index (χ2v) is 4.08. The summed E-state index contributed by atoms with van der Waals surface area (Å²) in [5.74, 6) is 0. The molecule has 1 aliphatic rings. The number of morpholine rings is 1. The molecule has 16 heavy (non-hydrogen) atoms. The van der Waals surface area contributed by atoms with Crippen LogP contribution in [0, 0.1) is 31.1 Å². The molecule has 1 rings (SSSR count). The Morgan fingerprint density at radius 3 is 2.06 bits per heavy atom. The Morgan fingerprint density at radius 2 is 1.69 bits per heavy atom. The molecule has 0 atom stereocenters. The van der Waals surface area contributed by atoms with Crippen LogP contribution in [0.4, 0.5) is 4.79 Å². The van der Waals surface area contributed by atoms with Gasteiger partial charge < -0.3 is 19.5 Å². The maximum Gasteiger partial charge on any atom is 0.410 e. The molecule has 1 heterocycles. The van der Waals surface area contributed by atoms with Gasteiger partial charge in [0.05, 0.1) is 13.2 Å². The van der Waals surface area contributed by atoms with Gasteiger partial charge in [-0.2, -0.15) is 0 Å². The fourth-order valence-corrected chi connectivity index (χ4v) is 1.07. The molecule has 0 aromatic rings. The van der Waals surface area contributed by atoms with E-state index in [-0.39, 0.29) is 37.2 Å². The van der Waals surface area contributed by atoms with Gasteiger partial charge in [0.1, 0.15) is 5.60 Å². The molecule has 0 bridgehead atoms. The smallest absolute Gasteiger partial charge is 0.410 e. The molecule has 0 aromatic heterocycles. The topological polar surface area (TPSA) is 59.0 Å². The first-order valence-electron chi connectivity index (χ1n) is 4.99. The van der Waals surface area contributed by atoms with Crippen LogP contribution in [0.25, 0.3) is 0 Å². The standard InChI is InChI=1S/C9H17NO3.CH4O.U/c1-9(2,3)13-8(11)10-4-6-12-7-5-10;1-2;/h4-7H2,1-3H3;2H,1H3;. The summed E-state index contributed by atoms with van der Waals surface area (Å²) in [4.78, 5) is 13.1. The van der Waals surface area contributed by atoms with Crippen LogP contribution >= 0.6 is 0 Å². The summed E-state index contributed by atoms with van der Waals surface area (Å²) < 4.78 is 10.3. The first-order chi connectivity index (χ1) is 6.99. The first-order valence-corrected chi connectivity index (χ1v) is 4.99. The van der Waals surface area contributed by atoms with Gasteiger partial charge in [-0.3, -0.25) is 0 Å². The summed E-state index contributed by atoms with van der Waals surface area (Å²) in [6.07, 6.45) is -0.240. The van der Waals surface area contributed by atoms with Crippen LogP contribution in [-0.2, 0) is 9.47 Å². The van der Waals surface area contributed by atoms with Crippen molar-refractivity contribution in [1.29, 1.82) is 0 Å². The number of ether oxygens (including phenoxy) is 2. The molecule has 0 radical (unpaired) electrons. The third-order valence-corrected chi connectivity index (χ3v) is 1.66. The molecule has 1 aliphatic heterocycles. The molecular formula is C10H21NO4U. The number of aliphatic hydroxyl groups is 1. The van der Waals surface area contributed by atoms with Crippen LogP contribution < -0.4 is 0 Å². The first kappa shape index (κ1) is 18.6. The largest absolute Gasteiger partial charge is 0.444 e. The monoisotopic (exact) mass is 457 g/mol. The van der Waals surface area contributed by atoms with Gasteiger partial charge in [0, 0.05) is 51.3 Å². The van der Waals surface area contributed by atoms with Gasteiger partial charge in [0.25, 0.3) is 0 Å². The number of nitrogens with zero attached hydrogens (tertiary/aromatic N) is 1. The van der Waals surface area contributed by atoms with Crippen LogP contribution in [-0.4, -0.2) is 55.1 Å². The maximum absolute atomic E-state index is 11.5. The van der Waals surface area contributed by atoms with Gasteiger partial charge in [-0.25, -0.2) is 4.79 Å². The van der Waals surface area contributed by atoms with E-state index in [0.717, 1.165) is 7.11 Å². The van der Waals surface area contributed by atoms with Gasteiger partial charge in [-0.15, -0.1) is 0 Å². The summed E-state index contributed by atoms with van der Waals surface area (Å²) in [6.45, 7) is 8.09. The number of amides is 1. The van der Waals surface area contributed by atoms with Crippen molar-refractivity contribution in [1.82, 2.24) is 4.90 Å². The predicted molar refractivity (Wildman–Crippen MR) is 56.8 cm³/mol. The van der Waals surface area contributed by atoms with E-state index in [4.69, 9.17) is 14.6 Å². The molecule has 0 saturated carbocycles. The average Bonchev–Trinajstić information content (AvgIpc) is 2.20. The van der Waals surface area contributed by atoms with Crippen LogP contribution in [0.2, 0.25) is 0 Å². The molecule has 1 fully saturated rings. The van der Waals surface area contributed by atoms with Crippen molar-refractivity contribution in [2.75, 3.05) is 33.4 Å². The third kappa shape index (κ3) is 8.40. The zero-order chi connectivity index (χ0) is 11.9. The molecule has 1 amide bonds. The predicted octanol–water partition coefficient (Wildman–Crippen LogP) is 0.862. The van der Waals surface area contributed by atoms with E-state index in [9.17, 15) is 4.79 Å². The van der Waals surface area contributed by atoms with Crippen molar-refractivity contribution in [3.05, 3.63) is 0 Å². The van der Waals surface area contributed by atoms with E-state index < -0.39 is 5.60 Å². The van der Waals surface area contributed by atoms with Crippen LogP contribution in [0.5, 0.6) is 0 Å². The summed E-state index contributed by atoms with van der Waals surface area (Å²) in [5, 5.41) is 7.00. The average molecular weight is 457 g/mol. The molecule has 1 N–H and O–H groups in total. The summed E-state index contributed by atoms with van der Waals surface area (Å²) in [7, 11) is 1.00. The van der Waals surface area contributed by atoms with E-state index >= 15 is 0 Å². The van der Waals surface area contributed by atoms with Crippen LogP contribution in [0.1, 0.15) is 20.8 Å². The summed E-state index contributed by atoms with van der Waals surface area (Å²) in [5.41, 5.74) is -0.407. The molecule has 6 heteroatoms. The van der Waals surface area contributed by atoms with Gasteiger partial charge >= 0.3 is 6.09 Å². The van der Waals surface area contributed by atoms with Crippen molar-refractivity contribution in [3.63, 3.8) is 0 Å². The zero-order valence-corrected chi connectivity index (χ0v) is 14.6. The van der Waals surface area contributed by atoms with Crippen molar-refractivity contribution in [3.8, 4) is 0 Å². The zero-order valence-electron chi connectivity index (χ0n) is 10.4. The van der Waals surface area contributed by atoms with Gasteiger partial charge in [-0.1, -0.05) is 0 Å². The third-order valence-electron chi connectivity index (χ3n) is 1.66. The normalized spacial score (nSPS) is 15.4. The number of rotatable bonds is 0. The molecule has 1 saturated heterocycles. The quantitative estimate of drug-likeness (QED) is 0.587. The van der Waals surface area contributed by atoms with E-state index in [1.165, 1.54) is 0 Å². The van der Waals surface area contributed by atoms with E-state index in [1.807, 2.05) is 20.8 Å². The molecule has 94 valence electrons. The number of hydrogen-bond donors (Lipinski definition) is 1. The molecule has 0 aliphatic carbocycles. The van der Waals surface area contributed by atoms with Crippen LogP contribution in [0.3, 0.4) is 0 Å². The maximum atomic E-state index is 11.5. The minimum atomic E-state index is -0.407. The molecule has 0 spiro atoms. The Labute approximate surface area is 121 Å². The Balaban J connectivity index is 0. The molecular weight excluding hydrogens is 436 g/mol. The van der Waals surface area contributed by atoms with Gasteiger partial charge in [0.15, 0.2) is 0 Å². The second kappa shape index (κ2) is 9.29. The van der Waals surface area contributed by atoms with Crippen molar-refractivity contribution in [2.45, 2.75) is 26.4 Å². The van der Waals surface area contributed by atoms with E-state index in [0.29, 0.717) is 26.3 Å². The van der Waals surface area contributed by atoms with Crippen molar-refractivity contribution in [2.24, 2.45) is 0 Å². The summed E-state index contributed by atoms with van der Waals surface area (Å²) in [6, 6.07) is 0. The Bertz CT molecular complexity index is 188.